The first-order valence-corrected chi connectivity index (χ1v) is 8.62. The monoisotopic (exact) mass is 276 g/mol. The van der Waals surface area contributed by atoms with E-state index in [4.69, 9.17) is 0 Å². The lowest BCUT2D eigenvalue weighted by Crippen LogP contribution is -2.61. The van der Waals surface area contributed by atoms with E-state index in [1.165, 1.54) is 44.9 Å². The number of carbonyl (C=O) groups excluding carboxylic acids is 1. The van der Waals surface area contributed by atoms with Gasteiger partial charge < -0.3 is 10.2 Å². The predicted octanol–water partition coefficient (Wildman–Crippen LogP) is 2.41. The minimum Gasteiger partial charge on any atom is -0.350 e. The van der Waals surface area contributed by atoms with Gasteiger partial charge in [-0.1, -0.05) is 0 Å². The maximum atomic E-state index is 12.7. The molecule has 1 aliphatic heterocycles. The summed E-state index contributed by atoms with van der Waals surface area (Å²) in [4.78, 5) is 15.0. The molecule has 5 aliphatic rings. The molecule has 1 atom stereocenters. The summed E-state index contributed by atoms with van der Waals surface area (Å²) in [6, 6.07) is 0. The summed E-state index contributed by atoms with van der Waals surface area (Å²) >= 11 is 0. The summed E-state index contributed by atoms with van der Waals surface area (Å²) in [5.41, 5.74) is 0.196. The van der Waals surface area contributed by atoms with E-state index in [-0.39, 0.29) is 11.5 Å². The van der Waals surface area contributed by atoms with Gasteiger partial charge in [0, 0.05) is 12.1 Å². The van der Waals surface area contributed by atoms with Crippen molar-refractivity contribution in [2.24, 2.45) is 23.7 Å². The van der Waals surface area contributed by atoms with Crippen molar-refractivity contribution >= 4 is 5.91 Å². The van der Waals surface area contributed by atoms with Crippen molar-refractivity contribution in [2.75, 3.05) is 20.1 Å². The van der Waals surface area contributed by atoms with Crippen molar-refractivity contribution in [3.8, 4) is 0 Å². The number of piperidine rings is 1. The van der Waals surface area contributed by atoms with Gasteiger partial charge in [-0.3, -0.25) is 4.79 Å². The molecule has 1 unspecified atom stereocenters. The summed E-state index contributed by atoms with van der Waals surface area (Å²) in [5.74, 6) is 3.34. The lowest BCUT2D eigenvalue weighted by atomic mass is 9.53. The number of carbonyl (C=O) groups is 1. The summed E-state index contributed by atoms with van der Waals surface area (Å²) in [5, 5.41) is 3.55. The first-order chi connectivity index (χ1) is 9.62. The Balaban J connectivity index is 1.44. The summed E-state index contributed by atoms with van der Waals surface area (Å²) in [6.45, 7) is 2.11. The fraction of sp³-hybridized carbons (Fsp3) is 0.941. The number of likely N-dealkylation sites (tertiary alicyclic amines) is 1. The van der Waals surface area contributed by atoms with E-state index in [0.717, 1.165) is 37.3 Å². The van der Waals surface area contributed by atoms with E-state index >= 15 is 0 Å². The van der Waals surface area contributed by atoms with Crippen LogP contribution >= 0.6 is 0 Å². The van der Waals surface area contributed by atoms with Crippen molar-refractivity contribution in [3.63, 3.8) is 0 Å². The van der Waals surface area contributed by atoms with Crippen molar-refractivity contribution in [1.82, 2.24) is 10.2 Å². The number of nitrogens with one attached hydrogen (secondary N) is 1. The van der Waals surface area contributed by atoms with Crippen LogP contribution in [-0.4, -0.2) is 36.5 Å². The van der Waals surface area contributed by atoms with Gasteiger partial charge in [-0.2, -0.15) is 0 Å². The lowest BCUT2D eigenvalue weighted by Gasteiger charge is -2.57. The molecular weight excluding hydrogens is 248 g/mol. The van der Waals surface area contributed by atoms with E-state index in [1.54, 1.807) is 0 Å². The van der Waals surface area contributed by atoms with Gasteiger partial charge in [0.15, 0.2) is 0 Å². The Bertz CT molecular complexity index is 371. The Labute approximate surface area is 122 Å². The van der Waals surface area contributed by atoms with E-state index in [9.17, 15) is 4.79 Å². The van der Waals surface area contributed by atoms with Gasteiger partial charge >= 0.3 is 0 Å². The van der Waals surface area contributed by atoms with Gasteiger partial charge in [-0.05, 0) is 82.7 Å². The van der Waals surface area contributed by atoms with E-state index < -0.39 is 0 Å². The molecule has 4 bridgehead atoms. The minimum atomic E-state index is 0.196. The zero-order valence-electron chi connectivity index (χ0n) is 12.7. The average molecular weight is 276 g/mol. The molecule has 4 saturated carbocycles. The van der Waals surface area contributed by atoms with Crippen LogP contribution in [0.5, 0.6) is 0 Å². The maximum Gasteiger partial charge on any atom is 0.224 e. The van der Waals surface area contributed by atoms with Crippen LogP contribution < -0.4 is 5.32 Å². The molecule has 4 aliphatic carbocycles. The normalized spacial score (nSPS) is 47.5. The highest BCUT2D eigenvalue weighted by Crippen LogP contribution is 2.55. The van der Waals surface area contributed by atoms with Crippen LogP contribution in [0.1, 0.15) is 51.4 Å². The fourth-order valence-corrected chi connectivity index (χ4v) is 6.01. The van der Waals surface area contributed by atoms with Crippen LogP contribution in [0.25, 0.3) is 0 Å². The van der Waals surface area contributed by atoms with E-state index in [0.29, 0.717) is 5.91 Å². The molecule has 0 aromatic heterocycles. The zero-order valence-corrected chi connectivity index (χ0v) is 12.7. The molecule has 1 N–H and O–H groups in total. The Morgan fingerprint density at radius 2 is 1.70 bits per heavy atom. The van der Waals surface area contributed by atoms with Crippen LogP contribution in [0.3, 0.4) is 0 Å². The number of hydrogen-bond donors (Lipinski definition) is 1. The van der Waals surface area contributed by atoms with Gasteiger partial charge in [0.25, 0.3) is 0 Å². The van der Waals surface area contributed by atoms with Crippen LogP contribution in [0, 0.1) is 23.7 Å². The van der Waals surface area contributed by atoms with Crippen molar-refractivity contribution < 1.29 is 4.79 Å². The predicted molar refractivity (Wildman–Crippen MR) is 79.3 cm³/mol. The highest BCUT2D eigenvalue weighted by atomic mass is 16.2. The van der Waals surface area contributed by atoms with Crippen LogP contribution in [0.15, 0.2) is 0 Å². The third-order valence-electron chi connectivity index (χ3n) is 6.42. The van der Waals surface area contributed by atoms with Crippen molar-refractivity contribution in [2.45, 2.75) is 56.9 Å². The van der Waals surface area contributed by atoms with Crippen LogP contribution in [-0.2, 0) is 4.79 Å². The molecule has 0 radical (unpaired) electrons. The molecule has 1 heterocycles. The third kappa shape index (κ3) is 2.28. The standard InChI is InChI=1S/C17H28N2O/c1-19-4-2-3-15(11-19)16(20)18-17-8-12-5-13(9-17)7-14(6-12)10-17/h12-15H,2-11H2,1H3,(H,18,20). The smallest absolute Gasteiger partial charge is 0.224 e. The lowest BCUT2D eigenvalue weighted by molar-refractivity contribution is -0.132. The quantitative estimate of drug-likeness (QED) is 0.840. The number of nitrogens with zero attached hydrogens (tertiary/aromatic N) is 1. The first kappa shape index (κ1) is 13.1. The Morgan fingerprint density at radius 1 is 1.10 bits per heavy atom. The van der Waals surface area contributed by atoms with Gasteiger partial charge in [0.2, 0.25) is 5.91 Å². The zero-order chi connectivity index (χ0) is 13.7. The summed E-state index contributed by atoms with van der Waals surface area (Å²) in [6.07, 6.45) is 10.4. The number of rotatable bonds is 2. The molecule has 0 spiro atoms. The molecule has 3 nitrogen and oxygen atoms in total. The van der Waals surface area contributed by atoms with Gasteiger partial charge in [-0.25, -0.2) is 0 Å². The van der Waals surface area contributed by atoms with E-state index in [2.05, 4.69) is 17.3 Å². The third-order valence-corrected chi connectivity index (χ3v) is 6.42. The molecule has 1 saturated heterocycles. The minimum absolute atomic E-state index is 0.196. The Morgan fingerprint density at radius 3 is 2.25 bits per heavy atom. The number of amides is 1. The van der Waals surface area contributed by atoms with Crippen LogP contribution in [0.4, 0.5) is 0 Å². The molecular formula is C17H28N2O. The van der Waals surface area contributed by atoms with Crippen LogP contribution in [0.2, 0.25) is 0 Å². The molecule has 1 amide bonds. The topological polar surface area (TPSA) is 32.3 Å². The highest BCUT2D eigenvalue weighted by Gasteiger charge is 2.51. The van der Waals surface area contributed by atoms with Crippen molar-refractivity contribution in [1.29, 1.82) is 0 Å². The van der Waals surface area contributed by atoms with Gasteiger partial charge in [0.05, 0.1) is 5.92 Å². The number of hydrogen-bond acceptors (Lipinski definition) is 2. The van der Waals surface area contributed by atoms with Gasteiger partial charge in [0.1, 0.15) is 0 Å². The highest BCUT2D eigenvalue weighted by molar-refractivity contribution is 5.79. The second-order valence-electron chi connectivity index (χ2n) is 8.29. The maximum absolute atomic E-state index is 12.7. The van der Waals surface area contributed by atoms with Gasteiger partial charge in [-0.15, -0.1) is 0 Å². The Kier molecular flexibility index (Phi) is 3.10. The second-order valence-corrected chi connectivity index (χ2v) is 8.29. The molecule has 0 aromatic rings. The van der Waals surface area contributed by atoms with E-state index in [1.807, 2.05) is 0 Å². The molecule has 5 rings (SSSR count). The Hall–Kier alpha value is -0.570. The van der Waals surface area contributed by atoms with Crippen molar-refractivity contribution in [3.05, 3.63) is 0 Å². The molecule has 20 heavy (non-hydrogen) atoms. The summed E-state index contributed by atoms with van der Waals surface area (Å²) < 4.78 is 0. The molecule has 112 valence electrons. The largest absolute Gasteiger partial charge is 0.350 e. The average Bonchev–Trinajstić information content (AvgIpc) is 2.36. The fourth-order valence-electron chi connectivity index (χ4n) is 6.01. The molecule has 0 aromatic carbocycles. The second kappa shape index (κ2) is 4.72. The molecule has 5 fully saturated rings. The summed E-state index contributed by atoms with van der Waals surface area (Å²) in [7, 11) is 2.14. The molecule has 3 heteroatoms. The SMILES string of the molecule is CN1CCCC(C(=O)NC23CC4CC(CC(C4)C2)C3)C1. The first-order valence-electron chi connectivity index (χ1n) is 8.62.